The van der Waals surface area contributed by atoms with Crippen LogP contribution < -0.4 is 0 Å². The molecule has 1 aromatic carbocycles. The molecule has 0 aliphatic carbocycles. The summed E-state index contributed by atoms with van der Waals surface area (Å²) in [4.78, 5) is 5.33. The zero-order valence-electron chi connectivity index (χ0n) is 9.36. The van der Waals surface area contributed by atoms with Crippen LogP contribution in [0.3, 0.4) is 0 Å². The Kier molecular flexibility index (Phi) is 2.76. The van der Waals surface area contributed by atoms with Crippen LogP contribution in [-0.4, -0.2) is 11.3 Å². The van der Waals surface area contributed by atoms with Gasteiger partial charge in [-0.2, -0.15) is 0 Å². The highest BCUT2D eigenvalue weighted by atomic mass is 16.7. The summed E-state index contributed by atoms with van der Waals surface area (Å²) in [5, 5.41) is 4.12. The number of nitrogens with zero attached hydrogens (tertiary/aromatic N) is 1. The third-order valence-corrected chi connectivity index (χ3v) is 2.60. The fourth-order valence-corrected chi connectivity index (χ4v) is 1.81. The van der Waals surface area contributed by atoms with Gasteiger partial charge in [0.2, 0.25) is 0 Å². The number of oxime groups is 1. The van der Waals surface area contributed by atoms with E-state index in [1.165, 1.54) is 11.3 Å². The molecule has 0 saturated carbocycles. The maximum atomic E-state index is 5.33. The van der Waals surface area contributed by atoms with Crippen molar-refractivity contribution in [1.29, 1.82) is 0 Å². The molecule has 1 heterocycles. The van der Waals surface area contributed by atoms with Gasteiger partial charge in [-0.25, -0.2) is 0 Å². The summed E-state index contributed by atoms with van der Waals surface area (Å²) >= 11 is 0. The molecule has 2 rings (SSSR count). The lowest BCUT2D eigenvalue weighted by Gasteiger charge is -2.13. The van der Waals surface area contributed by atoms with E-state index in [1.807, 2.05) is 6.07 Å². The number of hydrogen-bond donors (Lipinski definition) is 0. The molecule has 2 nitrogen and oxygen atoms in total. The molecule has 0 atom stereocenters. The zero-order chi connectivity index (χ0) is 10.7. The number of hydrogen-bond acceptors (Lipinski definition) is 2. The molecule has 1 aliphatic heterocycles. The average molecular weight is 203 g/mol. The molecule has 0 radical (unpaired) electrons. The van der Waals surface area contributed by atoms with E-state index < -0.39 is 0 Å². The quantitative estimate of drug-likeness (QED) is 0.739. The lowest BCUT2D eigenvalue weighted by Crippen LogP contribution is -2.18. The van der Waals surface area contributed by atoms with Crippen LogP contribution in [0.5, 0.6) is 0 Å². The first kappa shape index (κ1) is 10.2. The smallest absolute Gasteiger partial charge is 0.137 e. The molecule has 0 unspecified atom stereocenters. The Morgan fingerprint density at radius 1 is 1.20 bits per heavy atom. The van der Waals surface area contributed by atoms with Gasteiger partial charge in [-0.05, 0) is 32.3 Å². The Morgan fingerprint density at radius 3 is 2.53 bits per heavy atom. The van der Waals surface area contributed by atoms with Crippen LogP contribution in [0.15, 0.2) is 35.5 Å². The predicted molar refractivity (Wildman–Crippen MR) is 62.0 cm³/mol. The predicted octanol–water partition coefficient (Wildman–Crippen LogP) is 3.17. The summed E-state index contributed by atoms with van der Waals surface area (Å²) in [6.07, 6.45) is 3.02. The topological polar surface area (TPSA) is 21.6 Å². The van der Waals surface area contributed by atoms with Gasteiger partial charge in [-0.1, -0.05) is 35.5 Å². The van der Waals surface area contributed by atoms with Gasteiger partial charge in [-0.15, -0.1) is 0 Å². The molecule has 80 valence electrons. The third kappa shape index (κ3) is 2.82. The molecular formula is C13H17NO. The Hall–Kier alpha value is -1.31. The second-order valence-electron chi connectivity index (χ2n) is 4.67. The molecule has 1 aliphatic rings. The first-order valence-corrected chi connectivity index (χ1v) is 5.44. The largest absolute Gasteiger partial charge is 0.389 e. The van der Waals surface area contributed by atoms with Crippen molar-refractivity contribution >= 4 is 5.71 Å². The Labute approximate surface area is 90.9 Å². The van der Waals surface area contributed by atoms with Crippen LogP contribution in [0, 0.1) is 0 Å². The molecular weight excluding hydrogens is 186 g/mol. The van der Waals surface area contributed by atoms with Crippen molar-refractivity contribution in [2.24, 2.45) is 5.16 Å². The lowest BCUT2D eigenvalue weighted by atomic mass is 9.98. The summed E-state index contributed by atoms with van der Waals surface area (Å²) in [6.45, 7) is 4.15. The summed E-state index contributed by atoms with van der Waals surface area (Å²) in [5.41, 5.74) is 2.46. The molecule has 2 heteroatoms. The van der Waals surface area contributed by atoms with Crippen LogP contribution in [0.1, 0.15) is 32.3 Å². The number of rotatable bonds is 3. The Balaban J connectivity index is 1.85. The SMILES string of the molecule is CC1(C)CC(CCc2ccccc2)=NO1. The third-order valence-electron chi connectivity index (χ3n) is 2.60. The van der Waals surface area contributed by atoms with Crippen LogP contribution in [0.25, 0.3) is 0 Å². The van der Waals surface area contributed by atoms with Crippen molar-refractivity contribution in [2.45, 2.75) is 38.7 Å². The van der Waals surface area contributed by atoms with E-state index >= 15 is 0 Å². The van der Waals surface area contributed by atoms with Crippen molar-refractivity contribution in [2.75, 3.05) is 0 Å². The maximum Gasteiger partial charge on any atom is 0.137 e. The molecule has 0 N–H and O–H groups in total. The fourth-order valence-electron chi connectivity index (χ4n) is 1.81. The van der Waals surface area contributed by atoms with Gasteiger partial charge in [0.15, 0.2) is 0 Å². The molecule has 1 aromatic rings. The number of benzene rings is 1. The molecule has 15 heavy (non-hydrogen) atoms. The molecule has 0 spiro atoms. The molecule has 0 bridgehead atoms. The van der Waals surface area contributed by atoms with Crippen LogP contribution in [0.2, 0.25) is 0 Å². The van der Waals surface area contributed by atoms with Crippen molar-refractivity contribution in [3.63, 3.8) is 0 Å². The Morgan fingerprint density at radius 2 is 1.93 bits per heavy atom. The van der Waals surface area contributed by atoms with Crippen LogP contribution >= 0.6 is 0 Å². The van der Waals surface area contributed by atoms with Gasteiger partial charge < -0.3 is 4.84 Å². The van der Waals surface area contributed by atoms with Gasteiger partial charge in [0.05, 0.1) is 5.71 Å². The summed E-state index contributed by atoms with van der Waals surface area (Å²) in [7, 11) is 0. The van der Waals surface area contributed by atoms with Crippen molar-refractivity contribution in [1.82, 2.24) is 0 Å². The Bertz CT molecular complexity index is 354. The van der Waals surface area contributed by atoms with Crippen LogP contribution in [-0.2, 0) is 11.3 Å². The lowest BCUT2D eigenvalue weighted by molar-refractivity contribution is 0.0123. The highest BCUT2D eigenvalue weighted by Crippen LogP contribution is 2.24. The normalized spacial score (nSPS) is 18.4. The van der Waals surface area contributed by atoms with Crippen molar-refractivity contribution < 1.29 is 4.84 Å². The van der Waals surface area contributed by atoms with Gasteiger partial charge in [0, 0.05) is 6.42 Å². The minimum atomic E-state index is -0.0912. The maximum absolute atomic E-state index is 5.33. The van der Waals surface area contributed by atoms with E-state index in [4.69, 9.17) is 4.84 Å². The van der Waals surface area contributed by atoms with Gasteiger partial charge in [-0.3, -0.25) is 0 Å². The highest BCUT2D eigenvalue weighted by molar-refractivity contribution is 5.86. The first-order valence-electron chi connectivity index (χ1n) is 5.44. The van der Waals surface area contributed by atoms with E-state index in [1.54, 1.807) is 0 Å². The minimum Gasteiger partial charge on any atom is -0.389 e. The minimum absolute atomic E-state index is 0.0912. The molecule has 0 saturated heterocycles. The molecule has 0 amide bonds. The number of aryl methyl sites for hydroxylation is 1. The molecule has 0 fully saturated rings. The van der Waals surface area contributed by atoms with E-state index in [9.17, 15) is 0 Å². The van der Waals surface area contributed by atoms with E-state index in [-0.39, 0.29) is 5.60 Å². The second kappa shape index (κ2) is 4.05. The zero-order valence-corrected chi connectivity index (χ0v) is 9.36. The average Bonchev–Trinajstić information content (AvgIpc) is 2.57. The van der Waals surface area contributed by atoms with Crippen molar-refractivity contribution in [3.05, 3.63) is 35.9 Å². The van der Waals surface area contributed by atoms with E-state index in [0.29, 0.717) is 0 Å². The summed E-state index contributed by atoms with van der Waals surface area (Å²) in [5.74, 6) is 0. The van der Waals surface area contributed by atoms with E-state index in [0.717, 1.165) is 19.3 Å². The summed E-state index contributed by atoms with van der Waals surface area (Å²) < 4.78 is 0. The van der Waals surface area contributed by atoms with Gasteiger partial charge >= 0.3 is 0 Å². The first-order chi connectivity index (χ1) is 7.16. The van der Waals surface area contributed by atoms with Crippen molar-refractivity contribution in [3.8, 4) is 0 Å². The monoisotopic (exact) mass is 203 g/mol. The highest BCUT2D eigenvalue weighted by Gasteiger charge is 2.28. The van der Waals surface area contributed by atoms with Crippen LogP contribution in [0.4, 0.5) is 0 Å². The van der Waals surface area contributed by atoms with Gasteiger partial charge in [0.25, 0.3) is 0 Å². The second-order valence-corrected chi connectivity index (χ2v) is 4.67. The molecule has 0 aromatic heterocycles. The fraction of sp³-hybridized carbons (Fsp3) is 0.462. The van der Waals surface area contributed by atoms with Gasteiger partial charge in [0.1, 0.15) is 5.60 Å². The standard InChI is InChI=1S/C13H17NO/c1-13(2)10-12(14-15-13)9-8-11-6-4-3-5-7-11/h3-7H,8-10H2,1-2H3. The summed E-state index contributed by atoms with van der Waals surface area (Å²) in [6, 6.07) is 10.5. The van der Waals surface area contributed by atoms with E-state index in [2.05, 4.69) is 43.3 Å².